The third-order valence-electron chi connectivity index (χ3n) is 5.39. The Labute approximate surface area is 179 Å². The van der Waals surface area contributed by atoms with E-state index in [9.17, 15) is 14.0 Å². The van der Waals surface area contributed by atoms with E-state index in [4.69, 9.17) is 14.2 Å². The highest BCUT2D eigenvalue weighted by atomic mass is 19.1. The highest BCUT2D eigenvalue weighted by Crippen LogP contribution is 2.43. The van der Waals surface area contributed by atoms with E-state index in [-0.39, 0.29) is 31.2 Å². The van der Waals surface area contributed by atoms with Crippen LogP contribution in [0.2, 0.25) is 0 Å². The molecule has 4 rings (SSSR count). The molecule has 2 aromatic rings. The molecule has 7 nitrogen and oxygen atoms in total. The van der Waals surface area contributed by atoms with Gasteiger partial charge in [0.05, 0.1) is 13.2 Å². The molecule has 3 atom stereocenters. The van der Waals surface area contributed by atoms with Crippen molar-refractivity contribution in [3.63, 3.8) is 0 Å². The highest BCUT2D eigenvalue weighted by molar-refractivity contribution is 5.94. The molecule has 2 aliphatic rings. The predicted octanol–water partition coefficient (Wildman–Crippen LogP) is 2.27. The SMILES string of the molecule is CC1(C)O[C@@H]2[C@@H](CNC(=O)c3cccc(F)c3)OC[C@]2(CNC(=O)c2ccccc2)O1. The van der Waals surface area contributed by atoms with Gasteiger partial charge in [0, 0.05) is 17.7 Å². The summed E-state index contributed by atoms with van der Waals surface area (Å²) in [7, 11) is 0. The minimum Gasteiger partial charge on any atom is -0.370 e. The largest absolute Gasteiger partial charge is 0.370 e. The van der Waals surface area contributed by atoms with E-state index < -0.39 is 35.3 Å². The maximum absolute atomic E-state index is 13.4. The minimum absolute atomic E-state index is 0.161. The first-order valence-corrected chi connectivity index (χ1v) is 10.1. The van der Waals surface area contributed by atoms with Crippen LogP contribution in [0.4, 0.5) is 4.39 Å². The quantitative estimate of drug-likeness (QED) is 0.737. The van der Waals surface area contributed by atoms with Gasteiger partial charge in [-0.2, -0.15) is 0 Å². The van der Waals surface area contributed by atoms with E-state index in [1.54, 1.807) is 38.1 Å². The van der Waals surface area contributed by atoms with Crippen LogP contribution >= 0.6 is 0 Å². The lowest BCUT2D eigenvalue weighted by atomic mass is 9.96. The van der Waals surface area contributed by atoms with Crippen LogP contribution in [0.15, 0.2) is 54.6 Å². The highest BCUT2D eigenvalue weighted by Gasteiger charge is 2.61. The molecule has 2 fully saturated rings. The maximum atomic E-state index is 13.4. The number of amides is 2. The van der Waals surface area contributed by atoms with Crippen molar-refractivity contribution in [2.45, 2.75) is 37.4 Å². The van der Waals surface area contributed by atoms with Crippen molar-refractivity contribution in [2.75, 3.05) is 19.7 Å². The third-order valence-corrected chi connectivity index (χ3v) is 5.39. The fourth-order valence-electron chi connectivity index (χ4n) is 4.05. The lowest BCUT2D eigenvalue weighted by Gasteiger charge is -2.27. The van der Waals surface area contributed by atoms with Gasteiger partial charge in [0.1, 0.15) is 23.6 Å². The summed E-state index contributed by atoms with van der Waals surface area (Å²) < 4.78 is 31.5. The van der Waals surface area contributed by atoms with Crippen molar-refractivity contribution >= 4 is 11.8 Å². The smallest absolute Gasteiger partial charge is 0.251 e. The Kier molecular flexibility index (Phi) is 5.79. The van der Waals surface area contributed by atoms with Crippen molar-refractivity contribution in [1.29, 1.82) is 0 Å². The second kappa shape index (κ2) is 8.37. The second-order valence-corrected chi connectivity index (χ2v) is 8.22. The van der Waals surface area contributed by atoms with Crippen LogP contribution in [-0.2, 0) is 14.2 Å². The third kappa shape index (κ3) is 4.61. The van der Waals surface area contributed by atoms with Crippen LogP contribution in [0, 0.1) is 5.82 Å². The first kappa shape index (κ1) is 21.4. The Hall–Kier alpha value is -2.81. The number of ether oxygens (including phenoxy) is 3. The van der Waals surface area contributed by atoms with E-state index in [1.807, 2.05) is 6.07 Å². The molecule has 0 aliphatic carbocycles. The van der Waals surface area contributed by atoms with Crippen LogP contribution in [0.25, 0.3) is 0 Å². The summed E-state index contributed by atoms with van der Waals surface area (Å²) >= 11 is 0. The number of hydrogen-bond donors (Lipinski definition) is 2. The molecule has 8 heteroatoms. The number of carbonyl (C=O) groups is 2. The molecule has 0 aromatic heterocycles. The first-order chi connectivity index (χ1) is 14.8. The van der Waals surface area contributed by atoms with Gasteiger partial charge in [-0.3, -0.25) is 9.59 Å². The molecule has 0 bridgehead atoms. The van der Waals surface area contributed by atoms with Gasteiger partial charge in [-0.15, -0.1) is 0 Å². The molecule has 0 spiro atoms. The lowest BCUT2D eigenvalue weighted by Crippen LogP contribution is -2.52. The summed E-state index contributed by atoms with van der Waals surface area (Å²) in [6.07, 6.45) is -0.973. The molecule has 0 saturated carbocycles. The number of halogens is 1. The monoisotopic (exact) mass is 428 g/mol. The van der Waals surface area contributed by atoms with Crippen LogP contribution in [-0.4, -0.2) is 55.1 Å². The van der Waals surface area contributed by atoms with E-state index in [2.05, 4.69) is 10.6 Å². The van der Waals surface area contributed by atoms with Crippen molar-refractivity contribution in [3.8, 4) is 0 Å². The molecular weight excluding hydrogens is 403 g/mol. The number of carbonyl (C=O) groups excluding carboxylic acids is 2. The van der Waals surface area contributed by atoms with Gasteiger partial charge in [-0.25, -0.2) is 4.39 Å². The van der Waals surface area contributed by atoms with Gasteiger partial charge in [0.2, 0.25) is 0 Å². The van der Waals surface area contributed by atoms with Gasteiger partial charge in [-0.1, -0.05) is 24.3 Å². The molecule has 164 valence electrons. The summed E-state index contributed by atoms with van der Waals surface area (Å²) in [5.41, 5.74) is -0.0999. The van der Waals surface area contributed by atoms with E-state index in [0.717, 1.165) is 0 Å². The first-order valence-electron chi connectivity index (χ1n) is 10.1. The molecule has 0 unspecified atom stereocenters. The number of nitrogens with one attached hydrogen (secondary N) is 2. The van der Waals surface area contributed by atoms with Crippen LogP contribution in [0.1, 0.15) is 34.6 Å². The van der Waals surface area contributed by atoms with Crippen molar-refractivity contribution in [1.82, 2.24) is 10.6 Å². The van der Waals surface area contributed by atoms with Crippen molar-refractivity contribution < 1.29 is 28.2 Å². The van der Waals surface area contributed by atoms with Gasteiger partial charge in [-0.05, 0) is 44.2 Å². The topological polar surface area (TPSA) is 85.9 Å². The average Bonchev–Trinajstić information content (AvgIpc) is 3.21. The van der Waals surface area contributed by atoms with E-state index >= 15 is 0 Å². The molecule has 31 heavy (non-hydrogen) atoms. The van der Waals surface area contributed by atoms with Crippen LogP contribution in [0.3, 0.4) is 0 Å². The Morgan fingerprint density at radius 2 is 1.74 bits per heavy atom. The molecule has 2 heterocycles. The number of hydrogen-bond acceptors (Lipinski definition) is 5. The molecule has 2 saturated heterocycles. The normalized spacial score (nSPS) is 26.3. The lowest BCUT2D eigenvalue weighted by molar-refractivity contribution is -0.188. The number of rotatable bonds is 6. The summed E-state index contributed by atoms with van der Waals surface area (Å²) in [6.45, 7) is 4.16. The number of fused-ring (bicyclic) bond motifs is 1. The molecule has 2 amide bonds. The Morgan fingerprint density at radius 1 is 1.03 bits per heavy atom. The predicted molar refractivity (Wildman–Crippen MR) is 110 cm³/mol. The fourth-order valence-corrected chi connectivity index (χ4v) is 4.05. The van der Waals surface area contributed by atoms with Crippen molar-refractivity contribution in [2.24, 2.45) is 0 Å². The average molecular weight is 428 g/mol. The zero-order chi connectivity index (χ0) is 22.1. The molecular formula is C23H25FN2O5. The summed E-state index contributed by atoms with van der Waals surface area (Å²) in [4.78, 5) is 24.9. The van der Waals surface area contributed by atoms with Gasteiger partial charge in [0.15, 0.2) is 5.79 Å². The van der Waals surface area contributed by atoms with Crippen LogP contribution < -0.4 is 10.6 Å². The zero-order valence-corrected chi connectivity index (χ0v) is 17.4. The Balaban J connectivity index is 1.41. The molecule has 2 aliphatic heterocycles. The molecule has 0 radical (unpaired) electrons. The standard InChI is InChI=1S/C23H25FN2O5/c1-22(2)30-19-18(12-25-21(28)16-9-6-10-17(24)11-16)29-14-23(19,31-22)13-26-20(27)15-7-4-3-5-8-15/h3-11,18-19H,12-14H2,1-2H3,(H,25,28)(H,26,27)/t18-,19-,23+/m1/s1. The summed E-state index contributed by atoms with van der Waals surface area (Å²) in [5.74, 6) is -1.97. The second-order valence-electron chi connectivity index (χ2n) is 8.22. The van der Waals surface area contributed by atoms with E-state index in [0.29, 0.717) is 5.56 Å². The van der Waals surface area contributed by atoms with Gasteiger partial charge in [0.25, 0.3) is 11.8 Å². The zero-order valence-electron chi connectivity index (χ0n) is 17.4. The minimum atomic E-state index is -0.873. The summed E-state index contributed by atoms with van der Waals surface area (Å²) in [6, 6.07) is 14.4. The molecule has 2 aromatic carbocycles. The summed E-state index contributed by atoms with van der Waals surface area (Å²) in [5, 5.41) is 5.67. The van der Waals surface area contributed by atoms with Gasteiger partial charge >= 0.3 is 0 Å². The Bertz CT molecular complexity index is 967. The maximum Gasteiger partial charge on any atom is 0.251 e. The van der Waals surface area contributed by atoms with Gasteiger partial charge < -0.3 is 24.8 Å². The van der Waals surface area contributed by atoms with Crippen LogP contribution in [0.5, 0.6) is 0 Å². The fraction of sp³-hybridized carbons (Fsp3) is 0.391. The number of benzene rings is 2. The van der Waals surface area contributed by atoms with E-state index in [1.165, 1.54) is 24.3 Å². The Morgan fingerprint density at radius 3 is 2.48 bits per heavy atom. The molecule has 2 N–H and O–H groups in total. The van der Waals surface area contributed by atoms with Crippen molar-refractivity contribution in [3.05, 3.63) is 71.5 Å².